The molecule has 0 unspecified atom stereocenters. The predicted molar refractivity (Wildman–Crippen MR) is 85.4 cm³/mol. The van der Waals surface area contributed by atoms with Gasteiger partial charge in [-0.05, 0) is 24.1 Å². The molecule has 0 radical (unpaired) electrons. The summed E-state index contributed by atoms with van der Waals surface area (Å²) in [6.07, 6.45) is 1.68. The summed E-state index contributed by atoms with van der Waals surface area (Å²) in [6, 6.07) is 13.3. The van der Waals surface area contributed by atoms with Gasteiger partial charge in [-0.2, -0.15) is 5.26 Å². The summed E-state index contributed by atoms with van der Waals surface area (Å²) in [5, 5.41) is 20.4. The lowest BCUT2D eigenvalue weighted by Gasteiger charge is -2.10. The van der Waals surface area contributed by atoms with Crippen LogP contribution in [0.5, 0.6) is 5.75 Å². The van der Waals surface area contributed by atoms with Crippen LogP contribution in [0.15, 0.2) is 42.6 Å². The Morgan fingerprint density at radius 1 is 1.18 bits per heavy atom. The van der Waals surface area contributed by atoms with E-state index in [-0.39, 0.29) is 11.7 Å². The molecule has 0 aliphatic carbocycles. The van der Waals surface area contributed by atoms with E-state index >= 15 is 0 Å². The number of aromatic nitrogens is 2. The highest BCUT2D eigenvalue weighted by Crippen LogP contribution is 2.31. The van der Waals surface area contributed by atoms with Crippen LogP contribution in [0.25, 0.3) is 22.0 Å². The Kier molecular flexibility index (Phi) is 3.48. The van der Waals surface area contributed by atoms with Gasteiger partial charge in [-0.1, -0.05) is 32.0 Å². The summed E-state index contributed by atoms with van der Waals surface area (Å²) in [7, 11) is 0. The molecule has 2 aromatic heterocycles. The van der Waals surface area contributed by atoms with E-state index in [9.17, 15) is 10.4 Å². The van der Waals surface area contributed by atoms with Crippen molar-refractivity contribution in [2.24, 2.45) is 0 Å². The summed E-state index contributed by atoms with van der Waals surface area (Å²) < 4.78 is 0. The van der Waals surface area contributed by atoms with Gasteiger partial charge in [0.25, 0.3) is 0 Å². The molecular weight excluding hydrogens is 274 g/mol. The highest BCUT2D eigenvalue weighted by molar-refractivity contribution is 5.86. The highest BCUT2D eigenvalue weighted by Gasteiger charge is 2.13. The van der Waals surface area contributed by atoms with Crippen LogP contribution in [0.2, 0.25) is 0 Å². The monoisotopic (exact) mass is 289 g/mol. The Morgan fingerprint density at radius 3 is 2.64 bits per heavy atom. The largest absolute Gasteiger partial charge is 0.506 e. The molecule has 4 heteroatoms. The van der Waals surface area contributed by atoms with Crippen LogP contribution >= 0.6 is 0 Å². The van der Waals surface area contributed by atoms with Crippen LogP contribution in [0.4, 0.5) is 0 Å². The summed E-state index contributed by atoms with van der Waals surface area (Å²) in [5.41, 5.74) is 3.13. The molecule has 3 aromatic rings. The Morgan fingerprint density at radius 2 is 1.95 bits per heavy atom. The Hall–Kier alpha value is -2.93. The predicted octanol–water partition coefficient (Wildman–Crippen LogP) is 4.00. The van der Waals surface area contributed by atoms with Crippen molar-refractivity contribution in [1.82, 2.24) is 9.97 Å². The van der Waals surface area contributed by atoms with Gasteiger partial charge in [0.2, 0.25) is 0 Å². The average molecular weight is 289 g/mol. The second-order valence-corrected chi connectivity index (χ2v) is 5.47. The maximum Gasteiger partial charge on any atom is 0.149 e. The van der Waals surface area contributed by atoms with Crippen LogP contribution in [0.1, 0.15) is 31.2 Å². The molecule has 0 atom stereocenters. The van der Waals surface area contributed by atoms with E-state index in [1.165, 1.54) is 0 Å². The molecule has 1 aromatic carbocycles. The van der Waals surface area contributed by atoms with Gasteiger partial charge in [-0.3, -0.25) is 4.98 Å². The van der Waals surface area contributed by atoms with Gasteiger partial charge in [0, 0.05) is 22.7 Å². The standard InChI is InChI=1S/C18H15N3O/c1-11(2)18-17(22)8-13(10-20-18)14-7-12-5-3-4-6-15(12)21-16(14)9-19/h3-8,10-11,22H,1-2H3. The van der Waals surface area contributed by atoms with Crippen LogP contribution in [-0.4, -0.2) is 15.1 Å². The number of hydrogen-bond acceptors (Lipinski definition) is 4. The zero-order valence-corrected chi connectivity index (χ0v) is 12.4. The molecule has 0 saturated carbocycles. The average Bonchev–Trinajstić information content (AvgIpc) is 2.53. The summed E-state index contributed by atoms with van der Waals surface area (Å²) in [6.45, 7) is 3.94. The minimum atomic E-state index is 0.138. The Labute approximate surface area is 128 Å². The minimum absolute atomic E-state index is 0.138. The molecule has 0 aliphatic heterocycles. The maximum absolute atomic E-state index is 10.1. The first-order valence-corrected chi connectivity index (χ1v) is 7.09. The zero-order valence-electron chi connectivity index (χ0n) is 12.4. The van der Waals surface area contributed by atoms with Crippen molar-refractivity contribution in [1.29, 1.82) is 5.26 Å². The second kappa shape index (κ2) is 5.45. The molecular formula is C18H15N3O. The summed E-state index contributed by atoms with van der Waals surface area (Å²) >= 11 is 0. The minimum Gasteiger partial charge on any atom is -0.506 e. The number of aromatic hydroxyl groups is 1. The van der Waals surface area contributed by atoms with Crippen molar-refractivity contribution < 1.29 is 5.11 Å². The van der Waals surface area contributed by atoms with Gasteiger partial charge >= 0.3 is 0 Å². The number of fused-ring (bicyclic) bond motifs is 1. The maximum atomic E-state index is 10.1. The van der Waals surface area contributed by atoms with Crippen LogP contribution < -0.4 is 0 Å². The highest BCUT2D eigenvalue weighted by atomic mass is 16.3. The third kappa shape index (κ3) is 2.38. The number of pyridine rings is 2. The Bertz CT molecular complexity index is 894. The number of nitrogens with zero attached hydrogens (tertiary/aromatic N) is 3. The first-order chi connectivity index (χ1) is 10.6. The molecule has 0 bridgehead atoms. The fourth-order valence-corrected chi connectivity index (χ4v) is 2.48. The first kappa shape index (κ1) is 14.0. The molecule has 108 valence electrons. The molecule has 0 saturated heterocycles. The van der Waals surface area contributed by atoms with Gasteiger partial charge in [-0.15, -0.1) is 0 Å². The van der Waals surface area contributed by atoms with Crippen molar-refractivity contribution in [3.8, 4) is 22.9 Å². The van der Waals surface area contributed by atoms with Crippen LogP contribution in [0.3, 0.4) is 0 Å². The van der Waals surface area contributed by atoms with Crippen molar-refractivity contribution >= 4 is 10.9 Å². The molecule has 4 nitrogen and oxygen atoms in total. The summed E-state index contributed by atoms with van der Waals surface area (Å²) in [4.78, 5) is 8.71. The quantitative estimate of drug-likeness (QED) is 0.774. The smallest absolute Gasteiger partial charge is 0.149 e. The van der Waals surface area contributed by atoms with Gasteiger partial charge in [0.05, 0.1) is 11.2 Å². The van der Waals surface area contributed by atoms with E-state index < -0.39 is 0 Å². The normalized spacial score (nSPS) is 10.8. The molecule has 0 spiro atoms. The van der Waals surface area contributed by atoms with E-state index in [0.717, 1.165) is 10.9 Å². The van der Waals surface area contributed by atoms with Crippen molar-refractivity contribution in [2.75, 3.05) is 0 Å². The topological polar surface area (TPSA) is 69.8 Å². The number of hydrogen-bond donors (Lipinski definition) is 1. The number of nitriles is 1. The third-order valence-corrected chi connectivity index (χ3v) is 3.59. The van der Waals surface area contributed by atoms with Crippen molar-refractivity contribution in [2.45, 2.75) is 19.8 Å². The van der Waals surface area contributed by atoms with E-state index in [1.807, 2.05) is 44.2 Å². The fraction of sp³-hybridized carbons (Fsp3) is 0.167. The molecule has 0 amide bonds. The molecule has 0 fully saturated rings. The lowest BCUT2D eigenvalue weighted by Crippen LogP contribution is -1.96. The molecule has 2 heterocycles. The molecule has 22 heavy (non-hydrogen) atoms. The van der Waals surface area contributed by atoms with Gasteiger partial charge in [-0.25, -0.2) is 4.98 Å². The van der Waals surface area contributed by atoms with Crippen molar-refractivity contribution in [3.63, 3.8) is 0 Å². The van der Waals surface area contributed by atoms with Gasteiger partial charge < -0.3 is 5.11 Å². The number of benzene rings is 1. The lowest BCUT2D eigenvalue weighted by molar-refractivity contribution is 0.460. The van der Waals surface area contributed by atoms with Crippen molar-refractivity contribution in [3.05, 3.63) is 54.0 Å². The van der Waals surface area contributed by atoms with E-state index in [4.69, 9.17) is 0 Å². The van der Waals surface area contributed by atoms with E-state index in [1.54, 1.807) is 12.3 Å². The number of para-hydroxylation sites is 1. The first-order valence-electron chi connectivity index (χ1n) is 7.09. The third-order valence-electron chi connectivity index (χ3n) is 3.59. The lowest BCUT2D eigenvalue weighted by atomic mass is 10.0. The molecule has 0 aliphatic rings. The van der Waals surface area contributed by atoms with Gasteiger partial charge in [0.1, 0.15) is 17.5 Å². The molecule has 1 N–H and O–H groups in total. The Balaban J connectivity index is 2.21. The van der Waals surface area contributed by atoms with Crippen LogP contribution in [0, 0.1) is 11.3 Å². The van der Waals surface area contributed by atoms with Crippen LogP contribution in [-0.2, 0) is 0 Å². The second-order valence-electron chi connectivity index (χ2n) is 5.47. The van der Waals surface area contributed by atoms with E-state index in [0.29, 0.717) is 22.5 Å². The molecule has 3 rings (SSSR count). The summed E-state index contributed by atoms with van der Waals surface area (Å²) in [5.74, 6) is 0.281. The zero-order chi connectivity index (χ0) is 15.7. The SMILES string of the molecule is CC(C)c1ncc(-c2cc3ccccc3nc2C#N)cc1O. The van der Waals surface area contributed by atoms with Gasteiger partial charge in [0.15, 0.2) is 0 Å². The van der Waals surface area contributed by atoms with E-state index in [2.05, 4.69) is 16.0 Å². The fourth-order valence-electron chi connectivity index (χ4n) is 2.48. The number of rotatable bonds is 2.